The van der Waals surface area contributed by atoms with E-state index in [1.54, 1.807) is 6.92 Å². The van der Waals surface area contributed by atoms with Crippen molar-refractivity contribution in [2.75, 3.05) is 24.6 Å². The van der Waals surface area contributed by atoms with Gasteiger partial charge in [0, 0.05) is 6.54 Å². The van der Waals surface area contributed by atoms with E-state index in [0.29, 0.717) is 18.8 Å². The van der Waals surface area contributed by atoms with Crippen molar-refractivity contribution < 1.29 is 19.1 Å². The zero-order chi connectivity index (χ0) is 18.8. The number of hydrogen-bond acceptors (Lipinski definition) is 5. The van der Waals surface area contributed by atoms with Gasteiger partial charge in [0.2, 0.25) is 5.91 Å². The lowest BCUT2D eigenvalue weighted by Gasteiger charge is -2.34. The van der Waals surface area contributed by atoms with Crippen molar-refractivity contribution in [1.29, 1.82) is 0 Å². The maximum Gasteiger partial charge on any atom is 0.310 e. The van der Waals surface area contributed by atoms with Gasteiger partial charge in [-0.3, -0.25) is 19.3 Å². The van der Waals surface area contributed by atoms with Crippen molar-refractivity contribution in [2.24, 2.45) is 5.92 Å². The van der Waals surface area contributed by atoms with Crippen molar-refractivity contribution in [1.82, 2.24) is 4.90 Å². The normalized spacial score (nSPS) is 24.2. The number of nitrogens with zero attached hydrogens (tertiary/aromatic N) is 2. The number of hydrogen-bond donors (Lipinski definition) is 0. The number of anilines is 1. The van der Waals surface area contributed by atoms with E-state index in [1.807, 2.05) is 36.9 Å². The monoisotopic (exact) mass is 358 g/mol. The van der Waals surface area contributed by atoms with Gasteiger partial charge in [-0.05, 0) is 51.8 Å². The number of piperidine rings is 1. The van der Waals surface area contributed by atoms with Gasteiger partial charge in [-0.15, -0.1) is 0 Å². The van der Waals surface area contributed by atoms with Crippen LogP contribution in [0.3, 0.4) is 0 Å². The van der Waals surface area contributed by atoms with Crippen LogP contribution in [0.5, 0.6) is 0 Å². The number of benzene rings is 1. The minimum absolute atomic E-state index is 0.168. The molecular weight excluding hydrogens is 332 g/mol. The molecule has 140 valence electrons. The molecule has 0 N–H and O–H groups in total. The van der Waals surface area contributed by atoms with E-state index in [2.05, 4.69) is 0 Å². The first-order valence-electron chi connectivity index (χ1n) is 9.27. The van der Waals surface area contributed by atoms with Crippen molar-refractivity contribution in [3.05, 3.63) is 29.3 Å². The standard InChI is InChI=1S/C20H26N2O4/c1-4-26-20(25)15-6-5-9-21(12-15)17-11-18(23)22(19(17)24)16-8-7-13(2)10-14(16)3/h7-8,10,15,17H,4-6,9,11-12H2,1-3H3/t15-,17-/m0/s1. The maximum absolute atomic E-state index is 13.0. The molecule has 6 heteroatoms. The molecule has 0 spiro atoms. The molecule has 2 heterocycles. The SMILES string of the molecule is CCOC(=O)[C@H]1CCCN([C@H]2CC(=O)N(c3ccc(C)cc3C)C2=O)C1. The van der Waals surface area contributed by atoms with Crippen LogP contribution in [0.1, 0.15) is 37.3 Å². The molecule has 1 aromatic carbocycles. The van der Waals surface area contributed by atoms with Gasteiger partial charge < -0.3 is 4.74 Å². The van der Waals surface area contributed by atoms with Crippen molar-refractivity contribution in [3.63, 3.8) is 0 Å². The fraction of sp³-hybridized carbons (Fsp3) is 0.550. The second kappa shape index (κ2) is 7.58. The third-order valence-corrected chi connectivity index (χ3v) is 5.23. The van der Waals surface area contributed by atoms with E-state index in [9.17, 15) is 14.4 Å². The van der Waals surface area contributed by atoms with Crippen LogP contribution in [0.4, 0.5) is 5.69 Å². The Morgan fingerprint density at radius 3 is 2.73 bits per heavy atom. The Balaban J connectivity index is 1.77. The number of ether oxygens (including phenoxy) is 1. The van der Waals surface area contributed by atoms with Crippen LogP contribution in [0.15, 0.2) is 18.2 Å². The van der Waals surface area contributed by atoms with E-state index >= 15 is 0 Å². The topological polar surface area (TPSA) is 66.9 Å². The van der Waals surface area contributed by atoms with Gasteiger partial charge in [0.25, 0.3) is 5.91 Å². The number of likely N-dealkylation sites (tertiary alicyclic amines) is 1. The first kappa shape index (κ1) is 18.6. The smallest absolute Gasteiger partial charge is 0.310 e. The summed E-state index contributed by atoms with van der Waals surface area (Å²) in [7, 11) is 0. The number of carbonyl (C=O) groups excluding carboxylic acids is 3. The van der Waals surface area contributed by atoms with Gasteiger partial charge in [-0.25, -0.2) is 4.90 Å². The number of amides is 2. The molecule has 0 unspecified atom stereocenters. The summed E-state index contributed by atoms with van der Waals surface area (Å²) in [5.74, 6) is -0.793. The van der Waals surface area contributed by atoms with Crippen molar-refractivity contribution >= 4 is 23.5 Å². The molecule has 0 aliphatic carbocycles. The highest BCUT2D eigenvalue weighted by Crippen LogP contribution is 2.31. The molecule has 2 atom stereocenters. The molecule has 2 fully saturated rings. The minimum Gasteiger partial charge on any atom is -0.466 e. The fourth-order valence-electron chi connectivity index (χ4n) is 3.95. The predicted octanol–water partition coefficient (Wildman–Crippen LogP) is 2.21. The predicted molar refractivity (Wildman–Crippen MR) is 97.7 cm³/mol. The van der Waals surface area contributed by atoms with Gasteiger partial charge in [-0.1, -0.05) is 17.7 Å². The van der Waals surface area contributed by atoms with E-state index in [4.69, 9.17) is 4.74 Å². The summed E-state index contributed by atoms with van der Waals surface area (Å²) in [6.07, 6.45) is 1.76. The Morgan fingerprint density at radius 2 is 2.04 bits per heavy atom. The van der Waals surface area contributed by atoms with Crippen LogP contribution in [-0.2, 0) is 19.1 Å². The first-order chi connectivity index (χ1) is 12.4. The van der Waals surface area contributed by atoms with Crippen LogP contribution in [0, 0.1) is 19.8 Å². The van der Waals surface area contributed by atoms with E-state index in [1.165, 1.54) is 4.90 Å². The molecule has 26 heavy (non-hydrogen) atoms. The molecule has 0 radical (unpaired) electrons. The number of carbonyl (C=O) groups is 3. The van der Waals surface area contributed by atoms with Gasteiger partial charge >= 0.3 is 5.97 Å². The fourth-order valence-corrected chi connectivity index (χ4v) is 3.95. The summed E-state index contributed by atoms with van der Waals surface area (Å²) in [5.41, 5.74) is 2.66. The number of aryl methyl sites for hydroxylation is 2. The highest BCUT2D eigenvalue weighted by Gasteiger charge is 2.44. The number of imide groups is 1. The van der Waals surface area contributed by atoms with Crippen molar-refractivity contribution in [3.8, 4) is 0 Å². The third kappa shape index (κ3) is 3.51. The summed E-state index contributed by atoms with van der Waals surface area (Å²) in [6.45, 7) is 7.24. The maximum atomic E-state index is 13.0. The van der Waals surface area contributed by atoms with Gasteiger partial charge in [0.15, 0.2) is 0 Å². The largest absolute Gasteiger partial charge is 0.466 e. The highest BCUT2D eigenvalue weighted by molar-refractivity contribution is 6.22. The second-order valence-electron chi connectivity index (χ2n) is 7.16. The van der Waals surface area contributed by atoms with Gasteiger partial charge in [-0.2, -0.15) is 0 Å². The lowest BCUT2D eigenvalue weighted by molar-refractivity contribution is -0.150. The average Bonchev–Trinajstić information content (AvgIpc) is 2.90. The lowest BCUT2D eigenvalue weighted by atomic mass is 9.96. The Labute approximate surface area is 154 Å². The molecule has 2 aliphatic heterocycles. The Bertz CT molecular complexity index is 731. The Hall–Kier alpha value is -2.21. The van der Waals surface area contributed by atoms with E-state index < -0.39 is 6.04 Å². The lowest BCUT2D eigenvalue weighted by Crippen LogP contribution is -2.48. The third-order valence-electron chi connectivity index (χ3n) is 5.23. The molecular formula is C20H26N2O4. The molecule has 2 saturated heterocycles. The molecule has 6 nitrogen and oxygen atoms in total. The van der Waals surface area contributed by atoms with Gasteiger partial charge in [0.1, 0.15) is 0 Å². The summed E-state index contributed by atoms with van der Waals surface area (Å²) < 4.78 is 5.13. The molecule has 0 saturated carbocycles. The molecule has 3 rings (SSSR count). The number of esters is 1. The zero-order valence-electron chi connectivity index (χ0n) is 15.7. The van der Waals surface area contributed by atoms with Crippen LogP contribution in [0.25, 0.3) is 0 Å². The van der Waals surface area contributed by atoms with Crippen LogP contribution < -0.4 is 4.90 Å². The first-order valence-corrected chi connectivity index (χ1v) is 9.27. The van der Waals surface area contributed by atoms with Crippen LogP contribution in [0.2, 0.25) is 0 Å². The molecule has 0 aromatic heterocycles. The van der Waals surface area contributed by atoms with Gasteiger partial charge in [0.05, 0.1) is 30.7 Å². The van der Waals surface area contributed by atoms with E-state index in [0.717, 1.165) is 30.5 Å². The second-order valence-corrected chi connectivity index (χ2v) is 7.16. The molecule has 2 amide bonds. The van der Waals surface area contributed by atoms with Crippen molar-refractivity contribution in [2.45, 2.75) is 46.1 Å². The molecule has 0 bridgehead atoms. The zero-order valence-corrected chi connectivity index (χ0v) is 15.7. The summed E-state index contributed by atoms with van der Waals surface area (Å²) in [4.78, 5) is 40.9. The average molecular weight is 358 g/mol. The molecule has 2 aliphatic rings. The molecule has 1 aromatic rings. The summed E-state index contributed by atoms with van der Waals surface area (Å²) in [5, 5.41) is 0. The van der Waals surface area contributed by atoms with Crippen LogP contribution >= 0.6 is 0 Å². The highest BCUT2D eigenvalue weighted by atomic mass is 16.5. The minimum atomic E-state index is -0.486. The Morgan fingerprint density at radius 1 is 1.27 bits per heavy atom. The Kier molecular flexibility index (Phi) is 5.41. The van der Waals surface area contributed by atoms with Crippen LogP contribution in [-0.4, -0.2) is 48.4 Å². The number of rotatable bonds is 4. The quantitative estimate of drug-likeness (QED) is 0.610. The van der Waals surface area contributed by atoms with E-state index in [-0.39, 0.29) is 30.1 Å². The summed E-state index contributed by atoms with van der Waals surface area (Å²) >= 11 is 0. The summed E-state index contributed by atoms with van der Waals surface area (Å²) in [6, 6.07) is 5.23.